The van der Waals surface area contributed by atoms with Gasteiger partial charge in [-0.3, -0.25) is 0 Å². The van der Waals surface area contributed by atoms with Crippen molar-refractivity contribution in [1.29, 1.82) is 0 Å². The van der Waals surface area contributed by atoms with Crippen molar-refractivity contribution in [3.63, 3.8) is 0 Å². The number of aromatic nitrogens is 3. The molecule has 1 aliphatic heterocycles. The molecule has 1 saturated heterocycles. The van der Waals surface area contributed by atoms with E-state index in [0.717, 1.165) is 38.1 Å². The number of hydrogen-bond acceptors (Lipinski definition) is 6. The lowest BCUT2D eigenvalue weighted by Crippen LogP contribution is -2.32. The van der Waals surface area contributed by atoms with E-state index in [1.165, 1.54) is 19.3 Å². The molecule has 0 aromatic carbocycles. The van der Waals surface area contributed by atoms with Gasteiger partial charge in [-0.1, -0.05) is 0 Å². The third kappa shape index (κ3) is 3.45. The van der Waals surface area contributed by atoms with Gasteiger partial charge < -0.3 is 15.1 Å². The predicted octanol–water partition coefficient (Wildman–Crippen LogP) is 1.75. The summed E-state index contributed by atoms with van der Waals surface area (Å²) in [4.78, 5) is 17.9. The third-order valence-corrected chi connectivity index (χ3v) is 3.40. The summed E-state index contributed by atoms with van der Waals surface area (Å²) in [5.74, 6) is 2.23. The Hall–Kier alpha value is -1.59. The maximum atomic E-state index is 4.60. The summed E-state index contributed by atoms with van der Waals surface area (Å²) < 4.78 is 0. The molecule has 0 bridgehead atoms. The standard InChI is InChI=1S/C13H24N6/c1-4-14-11-15-12(18(3)5-2)17-13(16-11)19-9-7-6-8-10-19/h4-10H2,1-3H3,(H,14,15,16,17). The molecule has 19 heavy (non-hydrogen) atoms. The molecular weight excluding hydrogens is 240 g/mol. The van der Waals surface area contributed by atoms with Crippen molar-refractivity contribution in [3.05, 3.63) is 0 Å². The second-order valence-electron chi connectivity index (χ2n) is 4.85. The van der Waals surface area contributed by atoms with Crippen molar-refractivity contribution in [1.82, 2.24) is 15.0 Å². The summed E-state index contributed by atoms with van der Waals surface area (Å²) in [5.41, 5.74) is 0. The van der Waals surface area contributed by atoms with Crippen LogP contribution in [-0.2, 0) is 0 Å². The largest absolute Gasteiger partial charge is 0.354 e. The molecule has 0 amide bonds. The highest BCUT2D eigenvalue weighted by atomic mass is 15.4. The lowest BCUT2D eigenvalue weighted by molar-refractivity contribution is 0.567. The Morgan fingerprint density at radius 2 is 1.84 bits per heavy atom. The molecule has 0 unspecified atom stereocenters. The lowest BCUT2D eigenvalue weighted by Gasteiger charge is -2.27. The number of hydrogen-bond donors (Lipinski definition) is 1. The number of nitrogens with one attached hydrogen (secondary N) is 1. The summed E-state index contributed by atoms with van der Waals surface area (Å²) in [5, 5.41) is 3.19. The van der Waals surface area contributed by atoms with Crippen LogP contribution in [0.15, 0.2) is 0 Å². The van der Waals surface area contributed by atoms with Crippen molar-refractivity contribution in [2.45, 2.75) is 33.1 Å². The highest BCUT2D eigenvalue weighted by molar-refractivity contribution is 5.45. The second kappa shape index (κ2) is 6.54. The first-order chi connectivity index (χ1) is 9.24. The molecule has 1 aromatic rings. The fourth-order valence-corrected chi connectivity index (χ4v) is 2.14. The van der Waals surface area contributed by atoms with E-state index in [1.54, 1.807) is 0 Å². The van der Waals surface area contributed by atoms with E-state index in [4.69, 9.17) is 0 Å². The van der Waals surface area contributed by atoms with Crippen LogP contribution in [0.3, 0.4) is 0 Å². The minimum absolute atomic E-state index is 0.674. The zero-order valence-electron chi connectivity index (χ0n) is 12.2. The highest BCUT2D eigenvalue weighted by Gasteiger charge is 2.17. The normalized spacial score (nSPS) is 15.4. The molecule has 0 aliphatic carbocycles. The van der Waals surface area contributed by atoms with Crippen molar-refractivity contribution in [2.75, 3.05) is 48.3 Å². The van der Waals surface area contributed by atoms with E-state index in [2.05, 4.69) is 32.1 Å². The molecule has 0 radical (unpaired) electrons. The van der Waals surface area contributed by atoms with Gasteiger partial charge >= 0.3 is 0 Å². The maximum absolute atomic E-state index is 4.60. The van der Waals surface area contributed by atoms with Gasteiger partial charge in [0.15, 0.2) is 0 Å². The van der Waals surface area contributed by atoms with Crippen molar-refractivity contribution >= 4 is 17.8 Å². The minimum atomic E-state index is 0.674. The van der Waals surface area contributed by atoms with E-state index in [1.807, 2.05) is 18.9 Å². The average molecular weight is 264 g/mol. The predicted molar refractivity (Wildman–Crippen MR) is 79.0 cm³/mol. The molecule has 1 fully saturated rings. The third-order valence-electron chi connectivity index (χ3n) is 3.40. The molecule has 6 nitrogen and oxygen atoms in total. The Kier molecular flexibility index (Phi) is 4.76. The topological polar surface area (TPSA) is 57.2 Å². The fourth-order valence-electron chi connectivity index (χ4n) is 2.14. The minimum Gasteiger partial charge on any atom is -0.354 e. The Labute approximate surface area is 115 Å². The SMILES string of the molecule is CCNc1nc(N(C)CC)nc(N2CCCCC2)n1. The Balaban J connectivity index is 2.27. The molecule has 6 heteroatoms. The van der Waals surface area contributed by atoms with Gasteiger partial charge in [0.25, 0.3) is 0 Å². The van der Waals surface area contributed by atoms with Crippen molar-refractivity contribution < 1.29 is 0 Å². The van der Waals surface area contributed by atoms with E-state index in [0.29, 0.717) is 5.95 Å². The number of nitrogens with zero attached hydrogens (tertiary/aromatic N) is 5. The quantitative estimate of drug-likeness (QED) is 0.874. The average Bonchev–Trinajstić information content (AvgIpc) is 2.47. The fraction of sp³-hybridized carbons (Fsp3) is 0.769. The number of anilines is 3. The van der Waals surface area contributed by atoms with Crippen LogP contribution in [0.5, 0.6) is 0 Å². The molecule has 1 aromatic heterocycles. The first-order valence-corrected chi connectivity index (χ1v) is 7.20. The summed E-state index contributed by atoms with van der Waals surface area (Å²) in [6, 6.07) is 0. The number of rotatable bonds is 5. The van der Waals surface area contributed by atoms with Crippen LogP contribution in [0.25, 0.3) is 0 Å². The smallest absolute Gasteiger partial charge is 0.231 e. The van der Waals surface area contributed by atoms with Crippen molar-refractivity contribution in [2.24, 2.45) is 0 Å². The molecule has 0 saturated carbocycles. The summed E-state index contributed by atoms with van der Waals surface area (Å²) in [7, 11) is 2.01. The van der Waals surface area contributed by atoms with Gasteiger partial charge in [-0.25, -0.2) is 0 Å². The number of piperidine rings is 1. The van der Waals surface area contributed by atoms with Gasteiger partial charge in [0.1, 0.15) is 0 Å². The van der Waals surface area contributed by atoms with Crippen LogP contribution in [0, 0.1) is 0 Å². The zero-order chi connectivity index (χ0) is 13.7. The molecular formula is C13H24N6. The van der Waals surface area contributed by atoms with Gasteiger partial charge in [-0.2, -0.15) is 15.0 Å². The first kappa shape index (κ1) is 13.8. The van der Waals surface area contributed by atoms with E-state index < -0.39 is 0 Å². The van der Waals surface area contributed by atoms with E-state index in [9.17, 15) is 0 Å². The van der Waals surface area contributed by atoms with E-state index >= 15 is 0 Å². The van der Waals surface area contributed by atoms with Gasteiger partial charge in [-0.05, 0) is 33.1 Å². The summed E-state index contributed by atoms with van der Waals surface area (Å²) in [6.07, 6.45) is 3.76. The monoisotopic (exact) mass is 264 g/mol. The first-order valence-electron chi connectivity index (χ1n) is 7.20. The van der Waals surface area contributed by atoms with Crippen LogP contribution in [0.4, 0.5) is 17.8 Å². The van der Waals surface area contributed by atoms with Gasteiger partial charge in [0, 0.05) is 33.2 Å². The molecule has 1 N–H and O–H groups in total. The Morgan fingerprint density at radius 3 is 2.47 bits per heavy atom. The van der Waals surface area contributed by atoms with Gasteiger partial charge in [-0.15, -0.1) is 0 Å². The molecule has 2 rings (SSSR count). The molecule has 106 valence electrons. The van der Waals surface area contributed by atoms with Crippen LogP contribution >= 0.6 is 0 Å². The molecule has 2 heterocycles. The second-order valence-corrected chi connectivity index (χ2v) is 4.85. The van der Waals surface area contributed by atoms with Crippen LogP contribution in [0.1, 0.15) is 33.1 Å². The zero-order valence-corrected chi connectivity index (χ0v) is 12.2. The summed E-state index contributed by atoms with van der Waals surface area (Å²) >= 11 is 0. The van der Waals surface area contributed by atoms with Crippen LogP contribution in [0.2, 0.25) is 0 Å². The van der Waals surface area contributed by atoms with Crippen LogP contribution < -0.4 is 15.1 Å². The Morgan fingerprint density at radius 1 is 1.11 bits per heavy atom. The highest BCUT2D eigenvalue weighted by Crippen LogP contribution is 2.19. The van der Waals surface area contributed by atoms with Gasteiger partial charge in [0.2, 0.25) is 17.8 Å². The molecule has 0 atom stereocenters. The Bertz CT molecular complexity index is 402. The summed E-state index contributed by atoms with van der Waals surface area (Å²) in [6.45, 7) is 7.94. The van der Waals surface area contributed by atoms with Crippen molar-refractivity contribution in [3.8, 4) is 0 Å². The van der Waals surface area contributed by atoms with Gasteiger partial charge in [0.05, 0.1) is 0 Å². The van der Waals surface area contributed by atoms with Crippen LogP contribution in [-0.4, -0.2) is 48.2 Å². The van der Waals surface area contributed by atoms with E-state index in [-0.39, 0.29) is 0 Å². The molecule has 0 spiro atoms. The lowest BCUT2D eigenvalue weighted by atomic mass is 10.1. The maximum Gasteiger partial charge on any atom is 0.231 e. The molecule has 1 aliphatic rings.